The number of nitrogens with one attached hydrogen (secondary N) is 1. The summed E-state index contributed by atoms with van der Waals surface area (Å²) in [7, 11) is 1.77. The van der Waals surface area contributed by atoms with Gasteiger partial charge >= 0.3 is 0 Å². The fourth-order valence-corrected chi connectivity index (χ4v) is 3.87. The highest BCUT2D eigenvalue weighted by atomic mass is 127. The van der Waals surface area contributed by atoms with Gasteiger partial charge in [-0.3, -0.25) is 4.99 Å². The van der Waals surface area contributed by atoms with E-state index < -0.39 is 0 Å². The summed E-state index contributed by atoms with van der Waals surface area (Å²) in [6, 6.07) is 6.50. The number of benzene rings is 1. The summed E-state index contributed by atoms with van der Waals surface area (Å²) in [4.78, 5) is 6.66. The highest BCUT2D eigenvalue weighted by Crippen LogP contribution is 2.35. The molecule has 130 valence electrons. The Kier molecular flexibility index (Phi) is 6.84. The van der Waals surface area contributed by atoms with Gasteiger partial charge < -0.3 is 10.2 Å². The van der Waals surface area contributed by atoms with Gasteiger partial charge in [0.15, 0.2) is 5.96 Å². The Bertz CT molecular complexity index is 626. The fraction of sp³-hybridized carbons (Fsp3) is 0.556. The summed E-state index contributed by atoms with van der Waals surface area (Å²) in [5.74, 6) is 2.10. The van der Waals surface area contributed by atoms with Crippen LogP contribution in [0.15, 0.2) is 23.2 Å². The van der Waals surface area contributed by atoms with E-state index in [0.717, 1.165) is 30.9 Å². The van der Waals surface area contributed by atoms with E-state index in [1.165, 1.54) is 37.8 Å². The van der Waals surface area contributed by atoms with Gasteiger partial charge in [0.25, 0.3) is 0 Å². The smallest absolute Gasteiger partial charge is 0.193 e. The summed E-state index contributed by atoms with van der Waals surface area (Å²) in [6.45, 7) is 2.44. The van der Waals surface area contributed by atoms with Gasteiger partial charge in [-0.15, -0.1) is 24.0 Å². The van der Waals surface area contributed by atoms with Crippen molar-refractivity contribution in [3.8, 4) is 6.07 Å². The number of halogens is 2. The Labute approximate surface area is 160 Å². The van der Waals surface area contributed by atoms with Crippen LogP contribution in [0, 0.1) is 29.0 Å². The highest BCUT2D eigenvalue weighted by molar-refractivity contribution is 14.0. The number of hydrogen-bond acceptors (Lipinski definition) is 2. The Morgan fingerprint density at radius 3 is 2.58 bits per heavy atom. The molecule has 4 nitrogen and oxygen atoms in total. The minimum Gasteiger partial charge on any atom is -0.352 e. The largest absolute Gasteiger partial charge is 0.352 e. The van der Waals surface area contributed by atoms with Crippen molar-refractivity contribution in [1.29, 1.82) is 5.26 Å². The SMILES string of the molecule is CN=C(NCc1cc(C#N)ccc1F)N1CC2CCCCC2C1.I. The maximum atomic E-state index is 13.9. The van der Waals surface area contributed by atoms with E-state index in [0.29, 0.717) is 17.7 Å². The monoisotopic (exact) mass is 442 g/mol. The molecule has 3 rings (SSSR count). The second-order valence-corrected chi connectivity index (χ2v) is 6.53. The van der Waals surface area contributed by atoms with E-state index in [1.54, 1.807) is 13.1 Å². The maximum absolute atomic E-state index is 13.9. The Hall–Kier alpha value is -1.36. The van der Waals surface area contributed by atoms with Gasteiger partial charge in [0.2, 0.25) is 0 Å². The van der Waals surface area contributed by atoms with E-state index >= 15 is 0 Å². The van der Waals surface area contributed by atoms with Crippen LogP contribution in [0.4, 0.5) is 4.39 Å². The van der Waals surface area contributed by atoms with Crippen molar-refractivity contribution in [2.45, 2.75) is 32.2 Å². The molecule has 1 aromatic rings. The summed E-state index contributed by atoms with van der Waals surface area (Å²) in [6.07, 6.45) is 5.31. The first kappa shape index (κ1) is 19.0. The summed E-state index contributed by atoms with van der Waals surface area (Å²) in [5, 5.41) is 12.2. The lowest BCUT2D eigenvalue weighted by Crippen LogP contribution is -2.40. The van der Waals surface area contributed by atoms with E-state index in [2.05, 4.69) is 15.2 Å². The van der Waals surface area contributed by atoms with Crippen molar-refractivity contribution < 1.29 is 4.39 Å². The quantitative estimate of drug-likeness (QED) is 0.434. The summed E-state index contributed by atoms with van der Waals surface area (Å²) < 4.78 is 13.9. The average Bonchev–Trinajstić information content (AvgIpc) is 3.00. The molecule has 2 fully saturated rings. The zero-order chi connectivity index (χ0) is 16.2. The Balaban J connectivity index is 0.00000208. The first-order chi connectivity index (χ1) is 11.2. The minimum absolute atomic E-state index is 0. The fourth-order valence-electron chi connectivity index (χ4n) is 3.87. The first-order valence-corrected chi connectivity index (χ1v) is 8.35. The molecule has 0 radical (unpaired) electrons. The standard InChI is InChI=1S/C18H23FN4.HI/c1-21-18(23-11-14-4-2-3-5-15(14)12-23)22-10-16-8-13(9-20)6-7-17(16)19;/h6-8,14-15H,2-5,10-12H2,1H3,(H,21,22);1H. The molecule has 24 heavy (non-hydrogen) atoms. The zero-order valence-electron chi connectivity index (χ0n) is 14.0. The molecular formula is C18H24FIN4. The topological polar surface area (TPSA) is 51.4 Å². The van der Waals surface area contributed by atoms with Crippen LogP contribution in [0.25, 0.3) is 0 Å². The molecule has 0 spiro atoms. The van der Waals surface area contributed by atoms with Crippen LogP contribution in [0.3, 0.4) is 0 Å². The molecular weight excluding hydrogens is 418 g/mol. The van der Waals surface area contributed by atoms with Crippen molar-refractivity contribution in [3.63, 3.8) is 0 Å². The van der Waals surface area contributed by atoms with Crippen molar-refractivity contribution in [3.05, 3.63) is 35.1 Å². The molecule has 1 aliphatic heterocycles. The van der Waals surface area contributed by atoms with E-state index in [-0.39, 0.29) is 29.8 Å². The van der Waals surface area contributed by atoms with Gasteiger partial charge in [0.05, 0.1) is 11.6 Å². The molecule has 1 aromatic carbocycles. The lowest BCUT2D eigenvalue weighted by Gasteiger charge is -2.22. The van der Waals surface area contributed by atoms with E-state index in [4.69, 9.17) is 5.26 Å². The molecule has 1 aliphatic carbocycles. The van der Waals surface area contributed by atoms with Crippen LogP contribution in [0.1, 0.15) is 36.8 Å². The van der Waals surface area contributed by atoms with Crippen LogP contribution in [-0.4, -0.2) is 31.0 Å². The Morgan fingerprint density at radius 2 is 2.00 bits per heavy atom. The van der Waals surface area contributed by atoms with Gasteiger partial charge in [-0.05, 0) is 42.9 Å². The van der Waals surface area contributed by atoms with Gasteiger partial charge in [-0.25, -0.2) is 4.39 Å². The molecule has 0 aromatic heterocycles. The predicted molar refractivity (Wildman–Crippen MR) is 104 cm³/mol. The normalized spacial score (nSPS) is 23.2. The number of nitrogens with zero attached hydrogens (tertiary/aromatic N) is 3. The second kappa shape index (κ2) is 8.65. The summed E-state index contributed by atoms with van der Waals surface area (Å²) in [5.41, 5.74) is 0.979. The molecule has 2 atom stereocenters. The average molecular weight is 442 g/mol. The molecule has 1 heterocycles. The third kappa shape index (κ3) is 4.18. The van der Waals surface area contributed by atoms with Crippen molar-refractivity contribution in [2.75, 3.05) is 20.1 Å². The van der Waals surface area contributed by atoms with Gasteiger partial charge in [0.1, 0.15) is 5.82 Å². The number of likely N-dealkylation sites (tertiary alicyclic amines) is 1. The predicted octanol–water partition coefficient (Wildman–Crippen LogP) is 3.51. The van der Waals surface area contributed by atoms with Crippen LogP contribution in [0.5, 0.6) is 0 Å². The molecule has 1 saturated carbocycles. The van der Waals surface area contributed by atoms with Gasteiger partial charge in [-0.2, -0.15) is 5.26 Å². The number of rotatable bonds is 2. The first-order valence-electron chi connectivity index (χ1n) is 8.35. The van der Waals surface area contributed by atoms with Crippen LogP contribution >= 0.6 is 24.0 Å². The van der Waals surface area contributed by atoms with E-state index in [9.17, 15) is 4.39 Å². The number of hydrogen-bond donors (Lipinski definition) is 1. The van der Waals surface area contributed by atoms with Crippen molar-refractivity contribution in [1.82, 2.24) is 10.2 Å². The number of nitriles is 1. The van der Waals surface area contributed by atoms with Gasteiger partial charge in [0, 0.05) is 32.2 Å². The van der Waals surface area contributed by atoms with Crippen LogP contribution in [0.2, 0.25) is 0 Å². The molecule has 0 bridgehead atoms. The lowest BCUT2D eigenvalue weighted by atomic mass is 9.82. The maximum Gasteiger partial charge on any atom is 0.193 e. The highest BCUT2D eigenvalue weighted by Gasteiger charge is 2.35. The summed E-state index contributed by atoms with van der Waals surface area (Å²) >= 11 is 0. The lowest BCUT2D eigenvalue weighted by molar-refractivity contribution is 0.299. The molecule has 2 aliphatic rings. The van der Waals surface area contributed by atoms with E-state index in [1.807, 2.05) is 6.07 Å². The van der Waals surface area contributed by atoms with Crippen LogP contribution < -0.4 is 5.32 Å². The number of aliphatic imine (C=N–C) groups is 1. The minimum atomic E-state index is -0.290. The molecule has 2 unspecified atom stereocenters. The molecule has 6 heteroatoms. The molecule has 0 amide bonds. The third-order valence-corrected chi connectivity index (χ3v) is 5.10. The zero-order valence-corrected chi connectivity index (χ0v) is 16.3. The van der Waals surface area contributed by atoms with Gasteiger partial charge in [-0.1, -0.05) is 12.8 Å². The van der Waals surface area contributed by atoms with Crippen molar-refractivity contribution in [2.24, 2.45) is 16.8 Å². The number of fused-ring (bicyclic) bond motifs is 1. The Morgan fingerprint density at radius 1 is 1.33 bits per heavy atom. The third-order valence-electron chi connectivity index (χ3n) is 5.10. The van der Waals surface area contributed by atoms with Crippen molar-refractivity contribution >= 4 is 29.9 Å². The second-order valence-electron chi connectivity index (χ2n) is 6.53. The molecule has 1 N–H and O–H groups in total. The number of guanidine groups is 1. The van der Waals surface area contributed by atoms with Crippen LogP contribution in [-0.2, 0) is 6.54 Å². The molecule has 1 saturated heterocycles.